The molecule has 0 spiro atoms. The van der Waals surface area contributed by atoms with Crippen LogP contribution in [0.2, 0.25) is 0 Å². The molecule has 9 heteroatoms. The standard InChI is InChI=1S/C11H24N4O4S/c1-14(7-3-11(16)19-2)20(17,18)13-6-10-15-8-4-12-5-9-15/h12-13H,3-10H2,1-2H3. The van der Waals surface area contributed by atoms with E-state index in [-0.39, 0.29) is 13.0 Å². The summed E-state index contributed by atoms with van der Waals surface area (Å²) >= 11 is 0. The smallest absolute Gasteiger partial charge is 0.306 e. The molecule has 0 aromatic carbocycles. The third-order valence-corrected chi connectivity index (χ3v) is 4.76. The van der Waals surface area contributed by atoms with E-state index in [9.17, 15) is 13.2 Å². The van der Waals surface area contributed by atoms with E-state index in [1.807, 2.05) is 0 Å². The van der Waals surface area contributed by atoms with Gasteiger partial charge in [-0.15, -0.1) is 0 Å². The van der Waals surface area contributed by atoms with Gasteiger partial charge in [-0.05, 0) is 0 Å². The zero-order valence-electron chi connectivity index (χ0n) is 12.1. The molecule has 0 unspecified atom stereocenters. The molecule has 1 rings (SSSR count). The third-order valence-electron chi connectivity index (χ3n) is 3.19. The van der Waals surface area contributed by atoms with Crippen LogP contribution in [0.25, 0.3) is 0 Å². The van der Waals surface area contributed by atoms with E-state index < -0.39 is 16.2 Å². The highest BCUT2D eigenvalue weighted by atomic mass is 32.2. The molecular formula is C11H24N4O4S. The van der Waals surface area contributed by atoms with Crippen LogP contribution in [0.4, 0.5) is 0 Å². The summed E-state index contributed by atoms with van der Waals surface area (Å²) in [6, 6.07) is 0. The fraction of sp³-hybridized carbons (Fsp3) is 0.909. The van der Waals surface area contributed by atoms with Crippen molar-refractivity contribution in [1.29, 1.82) is 0 Å². The first kappa shape index (κ1) is 17.3. The first-order valence-electron chi connectivity index (χ1n) is 6.66. The molecule has 0 aromatic heterocycles. The highest BCUT2D eigenvalue weighted by Crippen LogP contribution is 1.97. The van der Waals surface area contributed by atoms with Gasteiger partial charge in [0.2, 0.25) is 0 Å². The summed E-state index contributed by atoms with van der Waals surface area (Å²) in [5, 5.41) is 3.24. The summed E-state index contributed by atoms with van der Waals surface area (Å²) in [4.78, 5) is 13.2. The Bertz CT molecular complexity index is 395. The lowest BCUT2D eigenvalue weighted by atomic mass is 10.3. The van der Waals surface area contributed by atoms with Gasteiger partial charge in [-0.2, -0.15) is 12.7 Å². The van der Waals surface area contributed by atoms with Crippen LogP contribution in [-0.2, 0) is 19.7 Å². The van der Waals surface area contributed by atoms with Gasteiger partial charge in [0.25, 0.3) is 10.2 Å². The van der Waals surface area contributed by atoms with Crippen molar-refractivity contribution in [1.82, 2.24) is 19.2 Å². The molecule has 118 valence electrons. The van der Waals surface area contributed by atoms with Crippen molar-refractivity contribution in [3.63, 3.8) is 0 Å². The molecule has 1 fully saturated rings. The van der Waals surface area contributed by atoms with Crippen molar-refractivity contribution in [2.24, 2.45) is 0 Å². The number of nitrogens with zero attached hydrogens (tertiary/aromatic N) is 2. The Kier molecular flexibility index (Phi) is 7.38. The molecule has 0 atom stereocenters. The summed E-state index contributed by atoms with van der Waals surface area (Å²) in [5.41, 5.74) is 0. The summed E-state index contributed by atoms with van der Waals surface area (Å²) in [7, 11) is -0.811. The van der Waals surface area contributed by atoms with Gasteiger partial charge in [0, 0.05) is 52.9 Å². The van der Waals surface area contributed by atoms with Crippen LogP contribution < -0.4 is 10.0 Å². The summed E-state index contributed by atoms with van der Waals surface area (Å²) in [6.45, 7) is 4.89. The number of hydrogen-bond donors (Lipinski definition) is 2. The van der Waals surface area contributed by atoms with E-state index in [2.05, 4.69) is 19.7 Å². The molecule has 1 aliphatic rings. The molecule has 20 heavy (non-hydrogen) atoms. The van der Waals surface area contributed by atoms with E-state index in [1.165, 1.54) is 14.2 Å². The van der Waals surface area contributed by atoms with Crippen LogP contribution in [0, 0.1) is 0 Å². The summed E-state index contributed by atoms with van der Waals surface area (Å²) < 4.78 is 31.9. The monoisotopic (exact) mass is 308 g/mol. The molecule has 0 radical (unpaired) electrons. The van der Waals surface area contributed by atoms with Gasteiger partial charge in [-0.25, -0.2) is 4.72 Å². The van der Waals surface area contributed by atoms with E-state index in [0.29, 0.717) is 13.1 Å². The Morgan fingerprint density at radius 2 is 2.05 bits per heavy atom. The lowest BCUT2D eigenvalue weighted by molar-refractivity contribution is -0.140. The van der Waals surface area contributed by atoms with Crippen LogP contribution >= 0.6 is 0 Å². The van der Waals surface area contributed by atoms with Gasteiger partial charge in [0.1, 0.15) is 0 Å². The van der Waals surface area contributed by atoms with Gasteiger partial charge in [0.15, 0.2) is 0 Å². The number of ether oxygens (including phenoxy) is 1. The number of methoxy groups -OCH3 is 1. The Morgan fingerprint density at radius 1 is 1.40 bits per heavy atom. The number of hydrogen-bond acceptors (Lipinski definition) is 6. The minimum atomic E-state index is -3.53. The SMILES string of the molecule is COC(=O)CCN(C)S(=O)(=O)NCCN1CCNCC1. The van der Waals surface area contributed by atoms with Gasteiger partial charge in [0.05, 0.1) is 13.5 Å². The molecule has 1 saturated heterocycles. The van der Waals surface area contributed by atoms with Crippen LogP contribution in [0.5, 0.6) is 0 Å². The van der Waals surface area contributed by atoms with E-state index in [4.69, 9.17) is 0 Å². The van der Waals surface area contributed by atoms with Crippen LogP contribution in [0.1, 0.15) is 6.42 Å². The largest absolute Gasteiger partial charge is 0.469 e. The number of rotatable bonds is 8. The number of carbonyl (C=O) groups excluding carboxylic acids is 1. The number of piperazine rings is 1. The molecule has 0 amide bonds. The Hall–Kier alpha value is -0.740. The topological polar surface area (TPSA) is 91.0 Å². The second kappa shape index (κ2) is 8.53. The van der Waals surface area contributed by atoms with Gasteiger partial charge in [-0.3, -0.25) is 9.69 Å². The van der Waals surface area contributed by atoms with Crippen LogP contribution in [0.15, 0.2) is 0 Å². The Balaban J connectivity index is 2.27. The quantitative estimate of drug-likeness (QED) is 0.515. The third kappa shape index (κ3) is 6.14. The molecule has 0 saturated carbocycles. The van der Waals surface area contributed by atoms with Gasteiger partial charge in [-0.1, -0.05) is 0 Å². The fourth-order valence-corrected chi connectivity index (χ4v) is 2.75. The molecule has 8 nitrogen and oxygen atoms in total. The lowest BCUT2D eigenvalue weighted by Crippen LogP contribution is -2.47. The highest BCUT2D eigenvalue weighted by Gasteiger charge is 2.18. The maximum Gasteiger partial charge on any atom is 0.306 e. The molecule has 0 bridgehead atoms. The van der Waals surface area contributed by atoms with E-state index in [1.54, 1.807) is 0 Å². The Labute approximate surface area is 120 Å². The average Bonchev–Trinajstić information content (AvgIpc) is 2.45. The predicted octanol–water partition coefficient (Wildman–Crippen LogP) is -1.78. The first-order valence-corrected chi connectivity index (χ1v) is 8.10. The second-order valence-corrected chi connectivity index (χ2v) is 6.50. The van der Waals surface area contributed by atoms with Gasteiger partial charge >= 0.3 is 5.97 Å². The van der Waals surface area contributed by atoms with Crippen molar-refractivity contribution < 1.29 is 17.9 Å². The Morgan fingerprint density at radius 3 is 2.65 bits per heavy atom. The van der Waals surface area contributed by atoms with Crippen LogP contribution in [0.3, 0.4) is 0 Å². The van der Waals surface area contributed by atoms with Crippen molar-refractivity contribution in [3.05, 3.63) is 0 Å². The summed E-state index contributed by atoms with van der Waals surface area (Å²) in [6.07, 6.45) is 0.0473. The van der Waals surface area contributed by atoms with Crippen molar-refractivity contribution in [3.8, 4) is 0 Å². The minimum absolute atomic E-state index is 0.0473. The van der Waals surface area contributed by atoms with Gasteiger partial charge < -0.3 is 10.1 Å². The molecule has 2 N–H and O–H groups in total. The van der Waals surface area contributed by atoms with Crippen molar-refractivity contribution in [2.45, 2.75) is 6.42 Å². The average molecular weight is 308 g/mol. The zero-order valence-corrected chi connectivity index (χ0v) is 12.9. The zero-order chi connectivity index (χ0) is 15.0. The maximum absolute atomic E-state index is 11.9. The first-order chi connectivity index (χ1) is 9.45. The highest BCUT2D eigenvalue weighted by molar-refractivity contribution is 7.87. The predicted molar refractivity (Wildman–Crippen MR) is 75.5 cm³/mol. The lowest BCUT2D eigenvalue weighted by Gasteiger charge is -2.27. The fourth-order valence-electron chi connectivity index (χ4n) is 1.85. The van der Waals surface area contributed by atoms with Crippen LogP contribution in [-0.4, -0.2) is 83.6 Å². The maximum atomic E-state index is 11.9. The number of esters is 1. The normalized spacial score (nSPS) is 17.4. The molecule has 0 aliphatic carbocycles. The number of carbonyl (C=O) groups is 1. The molecule has 1 heterocycles. The molecule has 1 aliphatic heterocycles. The molecular weight excluding hydrogens is 284 g/mol. The van der Waals surface area contributed by atoms with Crippen molar-refractivity contribution in [2.75, 3.05) is 60.0 Å². The summed E-state index contributed by atoms with van der Waals surface area (Å²) in [5.74, 6) is -0.423. The van der Waals surface area contributed by atoms with E-state index >= 15 is 0 Å². The second-order valence-electron chi connectivity index (χ2n) is 4.64. The van der Waals surface area contributed by atoms with Crippen molar-refractivity contribution >= 4 is 16.2 Å². The minimum Gasteiger partial charge on any atom is -0.469 e. The number of nitrogens with one attached hydrogen (secondary N) is 2. The van der Waals surface area contributed by atoms with E-state index in [0.717, 1.165) is 30.5 Å². The molecule has 0 aromatic rings.